The molecule has 0 spiro atoms. The van der Waals surface area contributed by atoms with Gasteiger partial charge in [0.25, 0.3) is 0 Å². The molecular weight excluding hydrogens is 278 g/mol. The van der Waals surface area contributed by atoms with Crippen molar-refractivity contribution in [1.82, 2.24) is 15.3 Å². The number of nitrogens with one attached hydrogen (secondary N) is 1. The van der Waals surface area contributed by atoms with Crippen LogP contribution >= 0.6 is 11.8 Å². The van der Waals surface area contributed by atoms with Crippen molar-refractivity contribution < 1.29 is 0 Å². The lowest BCUT2D eigenvalue weighted by Crippen LogP contribution is -2.17. The van der Waals surface area contributed by atoms with E-state index in [1.54, 1.807) is 11.8 Å². The van der Waals surface area contributed by atoms with E-state index in [4.69, 9.17) is 0 Å². The molecule has 21 heavy (non-hydrogen) atoms. The third-order valence-corrected chi connectivity index (χ3v) is 4.58. The largest absolute Gasteiger partial charge is 0.310 e. The lowest BCUT2D eigenvalue weighted by molar-refractivity contribution is 0.598. The predicted molar refractivity (Wildman–Crippen MR) is 88.9 cm³/mol. The molecule has 1 heterocycles. The molecule has 4 heteroatoms. The van der Waals surface area contributed by atoms with Crippen molar-refractivity contribution in [3.63, 3.8) is 0 Å². The van der Waals surface area contributed by atoms with Crippen LogP contribution in [0.2, 0.25) is 0 Å². The van der Waals surface area contributed by atoms with E-state index in [1.165, 1.54) is 16.0 Å². The van der Waals surface area contributed by atoms with E-state index in [9.17, 15) is 0 Å². The number of aromatic nitrogens is 2. The van der Waals surface area contributed by atoms with Gasteiger partial charge >= 0.3 is 0 Å². The molecule has 1 N–H and O–H groups in total. The van der Waals surface area contributed by atoms with Gasteiger partial charge in [-0.05, 0) is 69.3 Å². The Morgan fingerprint density at radius 2 is 1.62 bits per heavy atom. The maximum absolute atomic E-state index is 4.56. The highest BCUT2D eigenvalue weighted by atomic mass is 32.2. The lowest BCUT2D eigenvalue weighted by atomic mass is 10.1. The van der Waals surface area contributed by atoms with Gasteiger partial charge in [0.1, 0.15) is 0 Å². The fourth-order valence-corrected chi connectivity index (χ4v) is 2.99. The zero-order chi connectivity index (χ0) is 15.4. The van der Waals surface area contributed by atoms with Crippen LogP contribution in [0.1, 0.15) is 42.4 Å². The number of benzene rings is 1. The monoisotopic (exact) mass is 301 g/mol. The third-order valence-electron chi connectivity index (χ3n) is 3.71. The van der Waals surface area contributed by atoms with Gasteiger partial charge in [0.2, 0.25) is 0 Å². The standard InChI is InChI=1S/C17H23N3S/c1-6-18-14(5)15-7-9-16(10-8-15)21-17-19-12(3)11(2)13(4)20-17/h7-10,14,18H,6H2,1-5H3. The van der Waals surface area contributed by atoms with Crippen molar-refractivity contribution >= 4 is 11.8 Å². The van der Waals surface area contributed by atoms with E-state index >= 15 is 0 Å². The van der Waals surface area contributed by atoms with E-state index in [-0.39, 0.29) is 0 Å². The first-order chi connectivity index (χ1) is 10.0. The molecule has 0 aliphatic rings. The van der Waals surface area contributed by atoms with E-state index < -0.39 is 0 Å². The molecule has 1 aromatic heterocycles. The SMILES string of the molecule is CCNC(C)c1ccc(Sc2nc(C)c(C)c(C)n2)cc1. The third kappa shape index (κ3) is 4.05. The van der Waals surface area contributed by atoms with Gasteiger partial charge in [-0.2, -0.15) is 0 Å². The molecule has 0 fully saturated rings. The summed E-state index contributed by atoms with van der Waals surface area (Å²) >= 11 is 1.62. The van der Waals surface area contributed by atoms with Crippen molar-refractivity contribution in [2.75, 3.05) is 6.54 Å². The minimum Gasteiger partial charge on any atom is -0.310 e. The fourth-order valence-electron chi connectivity index (χ4n) is 2.14. The minimum absolute atomic E-state index is 0.383. The molecule has 0 amide bonds. The molecule has 1 aromatic carbocycles. The Morgan fingerprint density at radius 1 is 1.05 bits per heavy atom. The molecule has 3 nitrogen and oxygen atoms in total. The summed E-state index contributed by atoms with van der Waals surface area (Å²) in [6.45, 7) is 11.4. The second-order valence-corrected chi connectivity index (χ2v) is 6.29. The predicted octanol–water partition coefficient (Wildman–Crippen LogP) is 4.22. The highest BCUT2D eigenvalue weighted by Gasteiger charge is 2.07. The van der Waals surface area contributed by atoms with Crippen LogP contribution in [0.5, 0.6) is 0 Å². The Hall–Kier alpha value is -1.39. The maximum Gasteiger partial charge on any atom is 0.192 e. The number of hydrogen-bond acceptors (Lipinski definition) is 4. The van der Waals surface area contributed by atoms with Crippen molar-refractivity contribution in [2.24, 2.45) is 0 Å². The summed E-state index contributed by atoms with van der Waals surface area (Å²) in [6.07, 6.45) is 0. The average molecular weight is 301 g/mol. The van der Waals surface area contributed by atoms with E-state index in [1.807, 2.05) is 13.8 Å². The number of nitrogens with zero attached hydrogens (tertiary/aromatic N) is 2. The van der Waals surface area contributed by atoms with Crippen LogP contribution < -0.4 is 5.32 Å². The van der Waals surface area contributed by atoms with Gasteiger partial charge in [-0.25, -0.2) is 9.97 Å². The van der Waals surface area contributed by atoms with Crippen molar-refractivity contribution in [1.29, 1.82) is 0 Å². The van der Waals surface area contributed by atoms with Crippen LogP contribution in [0.25, 0.3) is 0 Å². The Balaban J connectivity index is 2.13. The second-order valence-electron chi connectivity index (χ2n) is 5.25. The molecule has 0 saturated carbocycles. The quantitative estimate of drug-likeness (QED) is 0.839. The first-order valence-corrected chi connectivity index (χ1v) is 8.16. The Bertz CT molecular complexity index is 585. The summed E-state index contributed by atoms with van der Waals surface area (Å²) in [7, 11) is 0. The van der Waals surface area contributed by atoms with Crippen LogP contribution in [0.15, 0.2) is 34.3 Å². The van der Waals surface area contributed by atoms with Crippen LogP contribution in [0.4, 0.5) is 0 Å². The van der Waals surface area contributed by atoms with E-state index in [0.29, 0.717) is 6.04 Å². The smallest absolute Gasteiger partial charge is 0.192 e. The topological polar surface area (TPSA) is 37.8 Å². The van der Waals surface area contributed by atoms with E-state index in [2.05, 4.69) is 60.3 Å². The van der Waals surface area contributed by atoms with Crippen molar-refractivity contribution in [3.8, 4) is 0 Å². The molecule has 0 saturated heterocycles. The van der Waals surface area contributed by atoms with Gasteiger partial charge in [-0.15, -0.1) is 0 Å². The molecule has 0 aliphatic carbocycles. The van der Waals surface area contributed by atoms with Gasteiger partial charge in [-0.1, -0.05) is 19.1 Å². The normalized spacial score (nSPS) is 12.4. The lowest BCUT2D eigenvalue weighted by Gasteiger charge is -2.13. The molecular formula is C17H23N3S. The highest BCUT2D eigenvalue weighted by molar-refractivity contribution is 7.99. The zero-order valence-corrected chi connectivity index (χ0v) is 14.2. The molecule has 1 unspecified atom stereocenters. The molecule has 2 aromatic rings. The average Bonchev–Trinajstić information content (AvgIpc) is 2.45. The van der Waals surface area contributed by atoms with Gasteiger partial charge < -0.3 is 5.32 Å². The summed E-state index contributed by atoms with van der Waals surface area (Å²) in [4.78, 5) is 10.3. The van der Waals surface area contributed by atoms with Crippen LogP contribution in [-0.4, -0.2) is 16.5 Å². The Labute approximate surface area is 131 Å². The van der Waals surface area contributed by atoms with Crippen LogP contribution in [0, 0.1) is 20.8 Å². The van der Waals surface area contributed by atoms with Gasteiger partial charge in [0.05, 0.1) is 0 Å². The van der Waals surface area contributed by atoms with Gasteiger partial charge in [0.15, 0.2) is 5.16 Å². The van der Waals surface area contributed by atoms with Crippen LogP contribution in [0.3, 0.4) is 0 Å². The van der Waals surface area contributed by atoms with Gasteiger partial charge in [-0.3, -0.25) is 0 Å². The number of rotatable bonds is 5. The van der Waals surface area contributed by atoms with Gasteiger partial charge in [0, 0.05) is 22.3 Å². The van der Waals surface area contributed by atoms with Crippen molar-refractivity contribution in [2.45, 2.75) is 50.7 Å². The maximum atomic E-state index is 4.56. The molecule has 0 radical (unpaired) electrons. The highest BCUT2D eigenvalue weighted by Crippen LogP contribution is 2.27. The Morgan fingerprint density at radius 3 is 2.14 bits per heavy atom. The molecule has 0 aliphatic heterocycles. The molecule has 0 bridgehead atoms. The molecule has 112 valence electrons. The van der Waals surface area contributed by atoms with Crippen LogP contribution in [-0.2, 0) is 0 Å². The number of hydrogen-bond donors (Lipinski definition) is 1. The summed E-state index contributed by atoms with van der Waals surface area (Å²) in [5, 5.41) is 4.24. The second kappa shape index (κ2) is 7.05. The fraction of sp³-hybridized carbons (Fsp3) is 0.412. The molecule has 1 atom stereocenters. The minimum atomic E-state index is 0.383. The summed E-state index contributed by atoms with van der Waals surface area (Å²) in [6, 6.07) is 9.01. The summed E-state index contributed by atoms with van der Waals surface area (Å²) in [5.41, 5.74) is 4.59. The van der Waals surface area contributed by atoms with Crippen molar-refractivity contribution in [3.05, 3.63) is 46.8 Å². The van der Waals surface area contributed by atoms with E-state index in [0.717, 1.165) is 23.1 Å². The number of aryl methyl sites for hydroxylation is 2. The Kier molecular flexibility index (Phi) is 5.37. The summed E-state index contributed by atoms with van der Waals surface area (Å²) in [5.74, 6) is 0. The zero-order valence-electron chi connectivity index (χ0n) is 13.4. The first-order valence-electron chi connectivity index (χ1n) is 7.34. The molecule has 2 rings (SSSR count). The summed E-state index contributed by atoms with van der Waals surface area (Å²) < 4.78 is 0. The first kappa shape index (κ1) is 16.0.